The van der Waals surface area contributed by atoms with Crippen molar-refractivity contribution in [1.82, 2.24) is 9.38 Å². The van der Waals surface area contributed by atoms with Crippen molar-refractivity contribution in [3.63, 3.8) is 0 Å². The molecule has 2 rings (SSSR count). The van der Waals surface area contributed by atoms with E-state index >= 15 is 0 Å². The summed E-state index contributed by atoms with van der Waals surface area (Å²) in [4.78, 5) is 53.8. The lowest BCUT2D eigenvalue weighted by atomic mass is 10.2. The number of hydrogen-bond donors (Lipinski definition) is 1. The molecule has 0 saturated heterocycles. The average molecular weight is 473 g/mol. The predicted molar refractivity (Wildman–Crippen MR) is 121 cm³/mol. The van der Waals surface area contributed by atoms with E-state index in [1.807, 2.05) is 0 Å². The molecule has 34 heavy (non-hydrogen) atoms. The number of aromatic nitrogens is 2. The van der Waals surface area contributed by atoms with Gasteiger partial charge in [-0.1, -0.05) is 6.07 Å². The number of imidazole rings is 1. The SMILES string of the molecule is CCOC(=O)C(=CNc1nc2ccccn2c1C=C(C(=O)OCC)C(=O)OCC)C(=O)OCC. The first kappa shape index (κ1) is 26.1. The monoisotopic (exact) mass is 473 g/mol. The molecular formula is C23H27N3O8. The predicted octanol–water partition coefficient (Wildman–Crippen LogP) is 2.27. The first-order valence-corrected chi connectivity index (χ1v) is 10.7. The zero-order chi connectivity index (χ0) is 25.1. The molecule has 0 unspecified atom stereocenters. The van der Waals surface area contributed by atoms with E-state index in [1.165, 1.54) is 6.08 Å². The van der Waals surface area contributed by atoms with Gasteiger partial charge in [0, 0.05) is 12.4 Å². The quantitative estimate of drug-likeness (QED) is 0.170. The van der Waals surface area contributed by atoms with Crippen molar-refractivity contribution in [3.8, 4) is 0 Å². The number of esters is 4. The molecule has 0 radical (unpaired) electrons. The Morgan fingerprint density at radius 1 is 0.824 bits per heavy atom. The van der Waals surface area contributed by atoms with Crippen LogP contribution in [0.1, 0.15) is 33.4 Å². The summed E-state index contributed by atoms with van der Waals surface area (Å²) in [7, 11) is 0. The van der Waals surface area contributed by atoms with Crippen LogP contribution in [0.15, 0.2) is 41.7 Å². The zero-order valence-corrected chi connectivity index (χ0v) is 19.5. The summed E-state index contributed by atoms with van der Waals surface area (Å²) < 4.78 is 21.4. The maximum atomic E-state index is 12.4. The average Bonchev–Trinajstić information content (AvgIpc) is 3.15. The Morgan fingerprint density at radius 3 is 1.82 bits per heavy atom. The van der Waals surface area contributed by atoms with E-state index in [0.29, 0.717) is 5.65 Å². The van der Waals surface area contributed by atoms with Crippen LogP contribution in [-0.4, -0.2) is 59.7 Å². The number of nitrogens with zero attached hydrogens (tertiary/aromatic N) is 2. The van der Waals surface area contributed by atoms with Gasteiger partial charge < -0.3 is 24.3 Å². The molecule has 2 aromatic rings. The lowest BCUT2D eigenvalue weighted by Crippen LogP contribution is -2.20. The zero-order valence-electron chi connectivity index (χ0n) is 19.5. The van der Waals surface area contributed by atoms with Gasteiger partial charge in [0.05, 0.1) is 32.1 Å². The molecule has 0 atom stereocenters. The van der Waals surface area contributed by atoms with Gasteiger partial charge in [-0.2, -0.15) is 0 Å². The molecule has 11 nitrogen and oxygen atoms in total. The molecular weight excluding hydrogens is 446 g/mol. The maximum absolute atomic E-state index is 12.4. The Balaban J connectivity index is 2.61. The minimum Gasteiger partial charge on any atom is -0.462 e. The van der Waals surface area contributed by atoms with Gasteiger partial charge in [-0.25, -0.2) is 24.2 Å². The van der Waals surface area contributed by atoms with Gasteiger partial charge in [0.15, 0.2) is 11.4 Å². The molecule has 0 aromatic carbocycles. The lowest BCUT2D eigenvalue weighted by Gasteiger charge is -2.08. The van der Waals surface area contributed by atoms with Crippen LogP contribution in [-0.2, 0) is 38.1 Å². The van der Waals surface area contributed by atoms with E-state index in [2.05, 4.69) is 10.3 Å². The van der Waals surface area contributed by atoms with Crippen molar-refractivity contribution in [1.29, 1.82) is 0 Å². The highest BCUT2D eigenvalue weighted by Crippen LogP contribution is 2.22. The van der Waals surface area contributed by atoms with Crippen LogP contribution in [0.5, 0.6) is 0 Å². The highest BCUT2D eigenvalue weighted by atomic mass is 16.6. The number of carbonyl (C=O) groups excluding carboxylic acids is 4. The molecule has 0 spiro atoms. The molecule has 0 aliphatic rings. The molecule has 0 amide bonds. The van der Waals surface area contributed by atoms with Crippen LogP contribution in [0.2, 0.25) is 0 Å². The normalized spacial score (nSPS) is 10.1. The minimum absolute atomic E-state index is 0.0546. The number of ether oxygens (including phenoxy) is 4. The van der Waals surface area contributed by atoms with Crippen LogP contribution < -0.4 is 5.32 Å². The largest absolute Gasteiger partial charge is 0.462 e. The highest BCUT2D eigenvalue weighted by Gasteiger charge is 2.24. The summed E-state index contributed by atoms with van der Waals surface area (Å²) in [6.45, 7) is 6.65. The van der Waals surface area contributed by atoms with Crippen molar-refractivity contribution >= 4 is 41.4 Å². The molecule has 1 N–H and O–H groups in total. The fourth-order valence-electron chi connectivity index (χ4n) is 2.77. The fourth-order valence-corrected chi connectivity index (χ4v) is 2.77. The Morgan fingerprint density at radius 2 is 1.32 bits per heavy atom. The number of fused-ring (bicyclic) bond motifs is 1. The number of anilines is 1. The number of pyridine rings is 1. The van der Waals surface area contributed by atoms with Crippen molar-refractivity contribution in [3.05, 3.63) is 47.4 Å². The number of carbonyl (C=O) groups is 4. The first-order chi connectivity index (χ1) is 16.4. The van der Waals surface area contributed by atoms with Crippen molar-refractivity contribution in [2.45, 2.75) is 27.7 Å². The molecule has 2 heterocycles. The van der Waals surface area contributed by atoms with E-state index in [-0.39, 0.29) is 49.1 Å². The van der Waals surface area contributed by atoms with Gasteiger partial charge in [0.1, 0.15) is 11.2 Å². The molecule has 182 valence electrons. The van der Waals surface area contributed by atoms with Gasteiger partial charge >= 0.3 is 23.9 Å². The van der Waals surface area contributed by atoms with Gasteiger partial charge in [0.2, 0.25) is 0 Å². The van der Waals surface area contributed by atoms with Gasteiger partial charge in [0.25, 0.3) is 0 Å². The fraction of sp³-hybridized carbons (Fsp3) is 0.348. The Bertz CT molecular complexity index is 1080. The number of rotatable bonds is 11. The molecule has 0 aliphatic heterocycles. The molecule has 0 fully saturated rings. The van der Waals surface area contributed by atoms with Crippen LogP contribution in [0.3, 0.4) is 0 Å². The summed E-state index contributed by atoms with van der Waals surface area (Å²) in [5.41, 5.74) is 0.00430. The standard InChI is InChI=1S/C23H27N3O8/c1-5-31-20(27)15(21(28)32-6-2)13-17-19(25-18-11-9-10-12-26(17)18)24-14-16(22(29)33-7-3)23(30)34-8-4/h9-14,24H,5-8H2,1-4H3. The van der Waals surface area contributed by atoms with E-state index in [1.54, 1.807) is 56.5 Å². The van der Waals surface area contributed by atoms with Crippen LogP contribution >= 0.6 is 0 Å². The Hall–Kier alpha value is -4.15. The van der Waals surface area contributed by atoms with E-state index < -0.39 is 23.9 Å². The molecule has 0 saturated carbocycles. The summed E-state index contributed by atoms with van der Waals surface area (Å²) in [6.07, 6.45) is 4.03. The second-order valence-electron chi connectivity index (χ2n) is 6.42. The summed E-state index contributed by atoms with van der Waals surface area (Å²) in [5, 5.41) is 2.78. The summed E-state index contributed by atoms with van der Waals surface area (Å²) >= 11 is 0. The van der Waals surface area contributed by atoms with Gasteiger partial charge in [-0.05, 0) is 45.9 Å². The second-order valence-corrected chi connectivity index (χ2v) is 6.42. The minimum atomic E-state index is -0.881. The third-order valence-electron chi connectivity index (χ3n) is 4.18. The maximum Gasteiger partial charge on any atom is 0.347 e. The lowest BCUT2D eigenvalue weighted by molar-refractivity contribution is -0.148. The van der Waals surface area contributed by atoms with Gasteiger partial charge in [-0.3, -0.25) is 4.40 Å². The number of hydrogen-bond acceptors (Lipinski definition) is 10. The van der Waals surface area contributed by atoms with E-state index in [9.17, 15) is 19.2 Å². The highest BCUT2D eigenvalue weighted by molar-refractivity contribution is 6.18. The van der Waals surface area contributed by atoms with Crippen LogP contribution in [0.25, 0.3) is 11.7 Å². The Kier molecular flexibility index (Phi) is 9.81. The van der Waals surface area contributed by atoms with E-state index in [0.717, 1.165) is 6.20 Å². The second kappa shape index (κ2) is 12.8. The molecule has 2 aromatic heterocycles. The molecule has 0 bridgehead atoms. The van der Waals surface area contributed by atoms with Crippen molar-refractivity contribution in [2.24, 2.45) is 0 Å². The van der Waals surface area contributed by atoms with Crippen molar-refractivity contribution in [2.75, 3.05) is 31.7 Å². The van der Waals surface area contributed by atoms with Crippen LogP contribution in [0.4, 0.5) is 5.82 Å². The summed E-state index contributed by atoms with van der Waals surface area (Å²) in [5.74, 6) is -3.36. The van der Waals surface area contributed by atoms with Crippen LogP contribution in [0, 0.1) is 0 Å². The topological polar surface area (TPSA) is 135 Å². The first-order valence-electron chi connectivity index (χ1n) is 10.7. The van der Waals surface area contributed by atoms with Gasteiger partial charge in [-0.15, -0.1) is 0 Å². The third kappa shape index (κ3) is 6.44. The third-order valence-corrected chi connectivity index (χ3v) is 4.18. The smallest absolute Gasteiger partial charge is 0.347 e. The molecule has 0 aliphatic carbocycles. The number of nitrogens with one attached hydrogen (secondary N) is 1. The molecule has 11 heteroatoms. The van der Waals surface area contributed by atoms with Crippen molar-refractivity contribution < 1.29 is 38.1 Å². The summed E-state index contributed by atoms with van der Waals surface area (Å²) in [6, 6.07) is 5.16. The Labute approximate surface area is 196 Å². The van der Waals surface area contributed by atoms with E-state index in [4.69, 9.17) is 18.9 Å².